The fourth-order valence-corrected chi connectivity index (χ4v) is 6.53. The van der Waals surface area contributed by atoms with Crippen molar-refractivity contribution >= 4 is 5.91 Å². The summed E-state index contributed by atoms with van der Waals surface area (Å²) in [6.45, 7) is 3.09. The number of likely N-dealkylation sites (tertiary alicyclic amines) is 1. The van der Waals surface area contributed by atoms with Gasteiger partial charge >= 0.3 is 0 Å². The predicted molar refractivity (Wildman–Crippen MR) is 122 cm³/mol. The largest absolute Gasteiger partial charge is 0.489 e. The molecule has 168 valence electrons. The molecular formula is C27H32N2O3. The van der Waals surface area contributed by atoms with Crippen molar-refractivity contribution in [2.24, 2.45) is 5.92 Å². The van der Waals surface area contributed by atoms with Gasteiger partial charge in [-0.1, -0.05) is 36.4 Å². The number of nitrogens with one attached hydrogen (secondary N) is 1. The molecule has 0 aromatic heterocycles. The number of hydrogen-bond donors (Lipinski definition) is 2. The number of rotatable bonds is 5. The maximum absolute atomic E-state index is 12.8. The van der Waals surface area contributed by atoms with Gasteiger partial charge in [0.2, 0.25) is 5.91 Å². The van der Waals surface area contributed by atoms with Gasteiger partial charge in [0, 0.05) is 31.0 Å². The smallest absolute Gasteiger partial charge is 0.221 e. The van der Waals surface area contributed by atoms with Crippen molar-refractivity contribution in [1.82, 2.24) is 10.2 Å². The van der Waals surface area contributed by atoms with E-state index in [1.165, 1.54) is 18.4 Å². The standard InChI is InChI=1S/C27H32N2O3/c30-25-16-26-11-13-29(17-19-6-7-19)24(27(26,31)10-12-28-25)14-21-8-9-22(15-23(21)26)32-18-20-4-2-1-3-5-20/h1-5,8-9,15,19,24,31H,6-7,10-14,16-18H2,(H,28,30)/t24-,26-,27-/m1/s1. The van der Waals surface area contributed by atoms with E-state index < -0.39 is 11.0 Å². The normalized spacial score (nSPS) is 31.8. The lowest BCUT2D eigenvalue weighted by Gasteiger charge is -2.61. The number of benzene rings is 2. The minimum atomic E-state index is -0.898. The summed E-state index contributed by atoms with van der Waals surface area (Å²) in [5, 5.41) is 15.4. The zero-order chi connectivity index (χ0) is 21.8. The molecule has 6 rings (SSSR count). The van der Waals surface area contributed by atoms with Crippen molar-refractivity contribution in [3.8, 4) is 5.75 Å². The van der Waals surface area contributed by atoms with Crippen LogP contribution in [0.2, 0.25) is 0 Å². The third kappa shape index (κ3) is 3.25. The molecule has 0 spiro atoms. The van der Waals surface area contributed by atoms with Crippen LogP contribution in [-0.2, 0) is 23.2 Å². The van der Waals surface area contributed by atoms with Crippen molar-refractivity contribution in [1.29, 1.82) is 0 Å². The summed E-state index contributed by atoms with van der Waals surface area (Å²) in [6, 6.07) is 16.6. The predicted octanol–water partition coefficient (Wildman–Crippen LogP) is 3.18. The molecule has 0 unspecified atom stereocenters. The molecule has 2 aliphatic carbocycles. The molecule has 2 saturated heterocycles. The Labute approximate surface area is 189 Å². The van der Waals surface area contributed by atoms with Gasteiger partial charge in [-0.25, -0.2) is 0 Å². The molecule has 5 heteroatoms. The van der Waals surface area contributed by atoms with E-state index in [2.05, 4.69) is 40.5 Å². The van der Waals surface area contributed by atoms with Gasteiger partial charge in [0.25, 0.3) is 0 Å². The summed E-state index contributed by atoms with van der Waals surface area (Å²) >= 11 is 0. The first-order valence-corrected chi connectivity index (χ1v) is 12.1. The minimum Gasteiger partial charge on any atom is -0.489 e. The third-order valence-electron chi connectivity index (χ3n) is 8.39. The Morgan fingerprint density at radius 2 is 1.97 bits per heavy atom. The van der Waals surface area contributed by atoms with Crippen LogP contribution in [0.15, 0.2) is 48.5 Å². The first-order valence-electron chi connectivity index (χ1n) is 12.1. The van der Waals surface area contributed by atoms with E-state index in [1.54, 1.807) is 0 Å². The second kappa shape index (κ2) is 7.60. The van der Waals surface area contributed by atoms with Crippen LogP contribution < -0.4 is 10.1 Å². The van der Waals surface area contributed by atoms with Crippen molar-refractivity contribution < 1.29 is 14.6 Å². The van der Waals surface area contributed by atoms with Crippen LogP contribution in [0.5, 0.6) is 5.75 Å². The second-order valence-electron chi connectivity index (χ2n) is 10.3. The van der Waals surface area contributed by atoms with Crippen LogP contribution in [0, 0.1) is 5.92 Å². The Bertz CT molecular complexity index is 1020. The van der Waals surface area contributed by atoms with E-state index in [0.717, 1.165) is 48.7 Å². The van der Waals surface area contributed by atoms with Gasteiger partial charge in [-0.3, -0.25) is 9.69 Å². The number of aliphatic hydroxyl groups is 1. The highest BCUT2D eigenvalue weighted by Crippen LogP contribution is 2.56. The van der Waals surface area contributed by atoms with E-state index in [1.807, 2.05) is 18.2 Å². The molecular weight excluding hydrogens is 400 g/mol. The molecule has 2 aliphatic heterocycles. The lowest BCUT2D eigenvalue weighted by Crippen LogP contribution is -2.71. The van der Waals surface area contributed by atoms with E-state index in [0.29, 0.717) is 26.0 Å². The van der Waals surface area contributed by atoms with Crippen LogP contribution in [0.3, 0.4) is 0 Å². The quantitative estimate of drug-likeness (QED) is 0.762. The third-order valence-corrected chi connectivity index (χ3v) is 8.39. The summed E-state index contributed by atoms with van der Waals surface area (Å²) in [5.74, 6) is 1.65. The molecule has 3 atom stereocenters. The number of fused-ring (bicyclic) bond motifs is 1. The first-order chi connectivity index (χ1) is 15.6. The van der Waals surface area contributed by atoms with Gasteiger partial charge < -0.3 is 15.2 Å². The van der Waals surface area contributed by atoms with Crippen molar-refractivity contribution in [3.63, 3.8) is 0 Å². The summed E-state index contributed by atoms with van der Waals surface area (Å²) in [6.07, 6.45) is 5.24. The lowest BCUT2D eigenvalue weighted by atomic mass is 9.52. The average molecular weight is 433 g/mol. The van der Waals surface area contributed by atoms with Gasteiger partial charge in [0.1, 0.15) is 12.4 Å². The molecule has 1 amide bonds. The fraction of sp³-hybridized carbons (Fsp3) is 0.519. The van der Waals surface area contributed by atoms with Crippen molar-refractivity contribution in [2.45, 2.75) is 62.2 Å². The van der Waals surface area contributed by atoms with Crippen LogP contribution in [0.25, 0.3) is 0 Å². The molecule has 0 radical (unpaired) electrons. The molecule has 32 heavy (non-hydrogen) atoms. The van der Waals surface area contributed by atoms with E-state index >= 15 is 0 Å². The van der Waals surface area contributed by atoms with Crippen LogP contribution in [0.4, 0.5) is 0 Å². The second-order valence-corrected chi connectivity index (χ2v) is 10.3. The Hall–Kier alpha value is -2.37. The molecule has 1 saturated carbocycles. The Morgan fingerprint density at radius 1 is 1.12 bits per heavy atom. The van der Waals surface area contributed by atoms with Gasteiger partial charge in [-0.2, -0.15) is 0 Å². The molecule has 4 aliphatic rings. The molecule has 2 N–H and O–H groups in total. The van der Waals surface area contributed by atoms with Gasteiger partial charge in [0.15, 0.2) is 0 Å². The molecule has 3 fully saturated rings. The number of piperidine rings is 1. The fourth-order valence-electron chi connectivity index (χ4n) is 6.53. The lowest BCUT2D eigenvalue weighted by molar-refractivity contribution is -0.153. The summed E-state index contributed by atoms with van der Waals surface area (Å²) in [7, 11) is 0. The number of ether oxygens (including phenoxy) is 1. The number of amides is 1. The maximum Gasteiger partial charge on any atom is 0.221 e. The van der Waals surface area contributed by atoms with Crippen molar-refractivity contribution in [3.05, 3.63) is 65.2 Å². The van der Waals surface area contributed by atoms with Crippen molar-refractivity contribution in [2.75, 3.05) is 19.6 Å². The minimum absolute atomic E-state index is 0.0544. The summed E-state index contributed by atoms with van der Waals surface area (Å²) in [5.41, 5.74) is 2.08. The summed E-state index contributed by atoms with van der Waals surface area (Å²) < 4.78 is 6.15. The highest BCUT2D eigenvalue weighted by molar-refractivity contribution is 5.79. The Morgan fingerprint density at radius 3 is 2.78 bits per heavy atom. The topological polar surface area (TPSA) is 61.8 Å². The monoisotopic (exact) mass is 432 g/mol. The number of carbonyl (C=O) groups is 1. The zero-order valence-corrected chi connectivity index (χ0v) is 18.6. The maximum atomic E-state index is 12.8. The number of nitrogens with zero attached hydrogens (tertiary/aromatic N) is 1. The average Bonchev–Trinajstić information content (AvgIpc) is 3.62. The Balaban J connectivity index is 1.38. The van der Waals surface area contributed by atoms with Crippen LogP contribution in [-0.4, -0.2) is 47.2 Å². The van der Waals surface area contributed by atoms with E-state index in [4.69, 9.17) is 4.74 Å². The summed E-state index contributed by atoms with van der Waals surface area (Å²) in [4.78, 5) is 15.3. The molecule has 2 bridgehead atoms. The zero-order valence-electron chi connectivity index (χ0n) is 18.6. The van der Waals surface area contributed by atoms with Gasteiger partial charge in [0.05, 0.1) is 5.60 Å². The SMILES string of the molecule is O=C1C[C@]23CCN(CC4CC4)[C@H](Cc4ccc(OCc5ccccc5)cc42)[C@]3(O)CCN1. The molecule has 2 aromatic carbocycles. The number of hydrogen-bond acceptors (Lipinski definition) is 4. The number of carbonyl (C=O) groups excluding carboxylic acids is 1. The molecule has 2 heterocycles. The molecule has 5 nitrogen and oxygen atoms in total. The van der Waals surface area contributed by atoms with E-state index in [-0.39, 0.29) is 11.9 Å². The molecule has 2 aromatic rings. The highest BCUT2D eigenvalue weighted by Gasteiger charge is 2.64. The highest BCUT2D eigenvalue weighted by atomic mass is 16.5. The van der Waals surface area contributed by atoms with Crippen LogP contribution >= 0.6 is 0 Å². The van der Waals surface area contributed by atoms with Crippen LogP contribution in [0.1, 0.15) is 48.8 Å². The van der Waals surface area contributed by atoms with E-state index in [9.17, 15) is 9.90 Å². The first kappa shape index (κ1) is 20.3. The Kier molecular flexibility index (Phi) is 4.81. The van der Waals surface area contributed by atoms with Gasteiger partial charge in [-0.15, -0.1) is 0 Å². The van der Waals surface area contributed by atoms with Gasteiger partial charge in [-0.05, 0) is 73.4 Å².